The van der Waals surface area contributed by atoms with E-state index < -0.39 is 6.43 Å². The molecule has 80 valence electrons. The monoisotopic (exact) mass is 231 g/mol. The van der Waals surface area contributed by atoms with Crippen LogP contribution in [0.1, 0.15) is 23.2 Å². The Morgan fingerprint density at radius 1 is 1.60 bits per heavy atom. The molecule has 0 amide bonds. The van der Waals surface area contributed by atoms with Crippen molar-refractivity contribution in [2.24, 2.45) is 0 Å². The second kappa shape index (κ2) is 4.89. The minimum atomic E-state index is -2.68. The molecule has 3 nitrogen and oxygen atoms in total. The summed E-state index contributed by atoms with van der Waals surface area (Å²) < 4.78 is 24.9. The van der Waals surface area contributed by atoms with Crippen molar-refractivity contribution in [2.45, 2.75) is 18.7 Å². The Bertz CT molecular complexity index is 401. The maximum absolute atomic E-state index is 12.4. The highest BCUT2D eigenvalue weighted by Crippen LogP contribution is 2.26. The number of nitrogen functional groups attached to an aromatic ring is 1. The number of pyridine rings is 1. The molecule has 0 radical (unpaired) electrons. The van der Waals surface area contributed by atoms with Crippen LogP contribution >= 0.6 is 11.6 Å². The zero-order chi connectivity index (χ0) is 11.4. The summed E-state index contributed by atoms with van der Waals surface area (Å²) in [5.41, 5.74) is 5.77. The average Bonchev–Trinajstić information content (AvgIpc) is 2.18. The first kappa shape index (κ1) is 11.7. The summed E-state index contributed by atoms with van der Waals surface area (Å²) in [6.07, 6.45) is -2.67. The number of nitrogens with zero attached hydrogens (tertiary/aromatic N) is 2. The van der Waals surface area contributed by atoms with Gasteiger partial charge in [-0.15, -0.1) is 11.6 Å². The van der Waals surface area contributed by atoms with E-state index in [2.05, 4.69) is 4.98 Å². The minimum Gasteiger partial charge on any atom is -0.383 e. The van der Waals surface area contributed by atoms with E-state index in [1.165, 1.54) is 6.07 Å². The third-order valence-corrected chi connectivity index (χ3v) is 2.17. The molecule has 0 bridgehead atoms. The van der Waals surface area contributed by atoms with Crippen LogP contribution in [-0.4, -0.2) is 4.98 Å². The lowest BCUT2D eigenvalue weighted by Gasteiger charge is -2.09. The van der Waals surface area contributed by atoms with Crippen molar-refractivity contribution < 1.29 is 8.78 Å². The molecule has 1 heterocycles. The van der Waals surface area contributed by atoms with E-state index in [1.54, 1.807) is 0 Å². The van der Waals surface area contributed by atoms with Crippen molar-refractivity contribution in [3.05, 3.63) is 22.9 Å². The van der Waals surface area contributed by atoms with Crippen LogP contribution in [0.2, 0.25) is 0 Å². The molecule has 0 aliphatic heterocycles. The number of alkyl halides is 3. The van der Waals surface area contributed by atoms with Gasteiger partial charge in [0.15, 0.2) is 0 Å². The molecule has 1 rings (SSSR count). The van der Waals surface area contributed by atoms with Gasteiger partial charge in [-0.1, -0.05) is 0 Å². The van der Waals surface area contributed by atoms with Crippen molar-refractivity contribution in [2.75, 3.05) is 5.73 Å². The molecule has 6 heteroatoms. The zero-order valence-corrected chi connectivity index (χ0v) is 8.43. The molecule has 1 aromatic heterocycles. The molecule has 1 aromatic rings. The summed E-state index contributed by atoms with van der Waals surface area (Å²) in [5, 5.41) is 8.49. The van der Waals surface area contributed by atoms with E-state index in [0.29, 0.717) is 11.3 Å². The first-order valence-corrected chi connectivity index (χ1v) is 4.62. The second-order valence-corrected chi connectivity index (χ2v) is 3.11. The molecule has 2 N–H and O–H groups in total. The highest BCUT2D eigenvalue weighted by Gasteiger charge is 2.16. The first-order chi connectivity index (χ1) is 7.10. The van der Waals surface area contributed by atoms with Crippen molar-refractivity contribution in [1.82, 2.24) is 4.98 Å². The molecule has 15 heavy (non-hydrogen) atoms. The largest absolute Gasteiger partial charge is 0.383 e. The number of nitrogens with two attached hydrogens (primary N) is 1. The van der Waals surface area contributed by atoms with E-state index in [1.807, 2.05) is 6.07 Å². The van der Waals surface area contributed by atoms with E-state index in [0.717, 1.165) is 0 Å². The molecule has 0 aliphatic rings. The van der Waals surface area contributed by atoms with Crippen LogP contribution in [0.4, 0.5) is 14.6 Å². The molecular weight excluding hydrogens is 224 g/mol. The number of rotatable bonds is 3. The summed E-state index contributed by atoms with van der Waals surface area (Å²) in [7, 11) is 0. The van der Waals surface area contributed by atoms with E-state index >= 15 is 0 Å². The van der Waals surface area contributed by atoms with Crippen LogP contribution in [0.15, 0.2) is 6.07 Å². The molecule has 0 fully saturated rings. The Morgan fingerprint density at radius 3 is 2.73 bits per heavy atom. The van der Waals surface area contributed by atoms with Gasteiger partial charge in [-0.3, -0.25) is 0 Å². The van der Waals surface area contributed by atoms with Gasteiger partial charge in [0.25, 0.3) is 6.43 Å². The van der Waals surface area contributed by atoms with Crippen LogP contribution in [0.25, 0.3) is 0 Å². The third-order valence-electron chi connectivity index (χ3n) is 1.88. The topological polar surface area (TPSA) is 62.7 Å². The Hall–Kier alpha value is -1.41. The van der Waals surface area contributed by atoms with Gasteiger partial charge in [-0.2, -0.15) is 5.26 Å². The lowest BCUT2D eigenvalue weighted by Crippen LogP contribution is -2.05. The van der Waals surface area contributed by atoms with Crippen LogP contribution in [0, 0.1) is 11.3 Å². The summed E-state index contributed by atoms with van der Waals surface area (Å²) in [6, 6.07) is 3.07. The third kappa shape index (κ3) is 2.54. The Morgan fingerprint density at radius 2 is 2.27 bits per heavy atom. The number of halogens is 3. The fourth-order valence-electron chi connectivity index (χ4n) is 1.15. The standard InChI is InChI=1S/C9H8ClF2N3/c10-4-5-3-6(8(11)12)9(14)15-7(5)1-2-13/h3,8H,1,4H2,(H2,14,15). The van der Waals surface area contributed by atoms with Gasteiger partial charge in [-0.05, 0) is 11.6 Å². The Balaban J connectivity index is 3.24. The summed E-state index contributed by atoms with van der Waals surface area (Å²) in [5.74, 6) is -0.214. The van der Waals surface area contributed by atoms with E-state index in [9.17, 15) is 8.78 Å². The van der Waals surface area contributed by atoms with Crippen molar-refractivity contribution in [1.29, 1.82) is 5.26 Å². The number of nitriles is 1. The minimum absolute atomic E-state index is 0.00969. The van der Waals surface area contributed by atoms with Crippen LogP contribution in [0.3, 0.4) is 0 Å². The van der Waals surface area contributed by atoms with Gasteiger partial charge in [0.1, 0.15) is 5.82 Å². The highest BCUT2D eigenvalue weighted by atomic mass is 35.5. The molecule has 0 aliphatic carbocycles. The normalized spacial score (nSPS) is 10.3. The number of anilines is 1. The van der Waals surface area contributed by atoms with E-state index in [-0.39, 0.29) is 23.7 Å². The van der Waals surface area contributed by atoms with E-state index in [4.69, 9.17) is 22.6 Å². The first-order valence-electron chi connectivity index (χ1n) is 4.09. The van der Waals surface area contributed by atoms with Gasteiger partial charge < -0.3 is 5.73 Å². The molecule has 0 spiro atoms. The van der Waals surface area contributed by atoms with Crippen LogP contribution < -0.4 is 5.73 Å². The fourth-order valence-corrected chi connectivity index (χ4v) is 1.38. The lowest BCUT2D eigenvalue weighted by atomic mass is 10.1. The highest BCUT2D eigenvalue weighted by molar-refractivity contribution is 6.17. The van der Waals surface area contributed by atoms with Crippen molar-refractivity contribution in [3.63, 3.8) is 0 Å². The fraction of sp³-hybridized carbons (Fsp3) is 0.333. The average molecular weight is 232 g/mol. The molecule has 0 saturated heterocycles. The number of aromatic nitrogens is 1. The summed E-state index contributed by atoms with van der Waals surface area (Å²) in [4.78, 5) is 3.75. The van der Waals surface area contributed by atoms with Crippen molar-refractivity contribution >= 4 is 17.4 Å². The second-order valence-electron chi connectivity index (χ2n) is 2.84. The van der Waals surface area contributed by atoms with Crippen LogP contribution in [-0.2, 0) is 12.3 Å². The van der Waals surface area contributed by atoms with Crippen LogP contribution in [0.5, 0.6) is 0 Å². The quantitative estimate of drug-likeness (QED) is 0.813. The van der Waals surface area contributed by atoms with Gasteiger partial charge in [0.05, 0.1) is 23.7 Å². The SMILES string of the molecule is N#CCc1nc(N)c(C(F)F)cc1CCl. The molecule has 0 unspecified atom stereocenters. The predicted octanol–water partition coefficient (Wildman–Crippen LogP) is 2.41. The van der Waals surface area contributed by atoms with Gasteiger partial charge in [0.2, 0.25) is 0 Å². The Labute approximate surface area is 90.5 Å². The lowest BCUT2D eigenvalue weighted by molar-refractivity contribution is 0.152. The smallest absolute Gasteiger partial charge is 0.267 e. The van der Waals surface area contributed by atoms with Gasteiger partial charge in [-0.25, -0.2) is 13.8 Å². The molecular formula is C9H8ClF2N3. The maximum Gasteiger partial charge on any atom is 0.267 e. The summed E-state index contributed by atoms with van der Waals surface area (Å²) in [6.45, 7) is 0. The van der Waals surface area contributed by atoms with Gasteiger partial charge >= 0.3 is 0 Å². The zero-order valence-electron chi connectivity index (χ0n) is 7.67. The number of hydrogen-bond donors (Lipinski definition) is 1. The Kier molecular flexibility index (Phi) is 3.81. The maximum atomic E-state index is 12.4. The molecule has 0 saturated carbocycles. The number of hydrogen-bond acceptors (Lipinski definition) is 3. The molecule has 0 atom stereocenters. The molecule has 0 aromatic carbocycles. The predicted molar refractivity (Wildman–Crippen MR) is 52.5 cm³/mol. The van der Waals surface area contributed by atoms with Gasteiger partial charge in [0, 0.05) is 5.88 Å². The summed E-state index contributed by atoms with van der Waals surface area (Å²) >= 11 is 5.56. The van der Waals surface area contributed by atoms with Crippen molar-refractivity contribution in [3.8, 4) is 6.07 Å².